The quantitative estimate of drug-likeness (QED) is 0.921. The highest BCUT2D eigenvalue weighted by atomic mass is 79.9. The van der Waals surface area contributed by atoms with E-state index in [1.54, 1.807) is 0 Å². The smallest absolute Gasteiger partial charge is 0.137 e. The molecular weight excluding hydrogens is 278 g/mol. The van der Waals surface area contributed by atoms with Crippen LogP contribution in [-0.2, 0) is 6.42 Å². The monoisotopic (exact) mass is 295 g/mol. The van der Waals surface area contributed by atoms with Crippen molar-refractivity contribution in [2.75, 3.05) is 6.54 Å². The first-order valence-electron chi connectivity index (χ1n) is 5.97. The van der Waals surface area contributed by atoms with Gasteiger partial charge in [-0.05, 0) is 43.1 Å². The van der Waals surface area contributed by atoms with Gasteiger partial charge in [-0.15, -0.1) is 0 Å². The zero-order valence-corrected chi connectivity index (χ0v) is 12.1. The average molecular weight is 296 g/mol. The fourth-order valence-corrected chi connectivity index (χ4v) is 2.58. The molecule has 0 unspecified atom stereocenters. The zero-order valence-electron chi connectivity index (χ0n) is 10.5. The third-order valence-corrected chi connectivity index (χ3v) is 3.31. The Morgan fingerprint density at radius 3 is 2.82 bits per heavy atom. The summed E-state index contributed by atoms with van der Waals surface area (Å²) in [5.41, 5.74) is 3.46. The number of nitrogens with one attached hydrogen (secondary N) is 1. The lowest BCUT2D eigenvalue weighted by Crippen LogP contribution is -2.24. The second-order valence-corrected chi connectivity index (χ2v) is 5.63. The van der Waals surface area contributed by atoms with E-state index in [4.69, 9.17) is 4.42 Å². The molecule has 0 aliphatic carbocycles. The van der Waals surface area contributed by atoms with Crippen LogP contribution in [0.1, 0.15) is 25.0 Å². The molecule has 0 aliphatic heterocycles. The largest absolute Gasteiger partial charge is 0.464 e. The summed E-state index contributed by atoms with van der Waals surface area (Å²) in [6.07, 6.45) is 2.88. The molecular formula is C14H18BrNO. The number of fused-ring (bicyclic) bond motifs is 1. The number of hydrogen-bond donors (Lipinski definition) is 1. The van der Waals surface area contributed by atoms with Crippen LogP contribution in [0.15, 0.2) is 27.3 Å². The Hall–Kier alpha value is -0.800. The van der Waals surface area contributed by atoms with Crippen molar-refractivity contribution in [2.45, 2.75) is 33.2 Å². The molecule has 0 radical (unpaired) electrons. The molecule has 1 heterocycles. The molecule has 1 aromatic heterocycles. The molecule has 2 aromatic rings. The van der Waals surface area contributed by atoms with Gasteiger partial charge in [0.15, 0.2) is 0 Å². The van der Waals surface area contributed by atoms with E-state index in [0.717, 1.165) is 23.0 Å². The van der Waals surface area contributed by atoms with Gasteiger partial charge in [-0.25, -0.2) is 0 Å². The van der Waals surface area contributed by atoms with Crippen LogP contribution in [0.25, 0.3) is 11.0 Å². The number of benzene rings is 1. The maximum atomic E-state index is 5.64. The van der Waals surface area contributed by atoms with Gasteiger partial charge in [-0.2, -0.15) is 0 Å². The SMILES string of the molecule is Cc1cc(Br)cc2c(CCNC(C)C)coc12. The topological polar surface area (TPSA) is 25.2 Å². The van der Waals surface area contributed by atoms with Crippen LogP contribution in [0.5, 0.6) is 0 Å². The molecule has 0 spiro atoms. The Labute approximate surface area is 111 Å². The van der Waals surface area contributed by atoms with Crippen LogP contribution >= 0.6 is 15.9 Å². The zero-order chi connectivity index (χ0) is 12.4. The molecule has 1 aromatic carbocycles. The van der Waals surface area contributed by atoms with Gasteiger partial charge in [0.1, 0.15) is 5.58 Å². The van der Waals surface area contributed by atoms with E-state index >= 15 is 0 Å². The van der Waals surface area contributed by atoms with Gasteiger partial charge in [0, 0.05) is 15.9 Å². The van der Waals surface area contributed by atoms with Gasteiger partial charge in [-0.3, -0.25) is 0 Å². The first kappa shape index (κ1) is 12.7. The van der Waals surface area contributed by atoms with Gasteiger partial charge in [-0.1, -0.05) is 29.8 Å². The summed E-state index contributed by atoms with van der Waals surface area (Å²) < 4.78 is 6.76. The minimum absolute atomic E-state index is 0.529. The molecule has 0 atom stereocenters. The van der Waals surface area contributed by atoms with E-state index in [1.165, 1.54) is 16.5 Å². The summed E-state index contributed by atoms with van der Waals surface area (Å²) in [5, 5.41) is 4.65. The fourth-order valence-electron chi connectivity index (χ4n) is 2.01. The lowest BCUT2D eigenvalue weighted by Gasteiger charge is -2.06. The molecule has 2 nitrogen and oxygen atoms in total. The Morgan fingerprint density at radius 1 is 1.35 bits per heavy atom. The van der Waals surface area contributed by atoms with E-state index in [-0.39, 0.29) is 0 Å². The second kappa shape index (κ2) is 5.23. The van der Waals surface area contributed by atoms with E-state index in [9.17, 15) is 0 Å². The van der Waals surface area contributed by atoms with Crippen molar-refractivity contribution in [3.05, 3.63) is 34.0 Å². The Bertz CT molecular complexity index is 516. The standard InChI is InChI=1S/C14H18BrNO/c1-9(2)16-5-4-11-8-17-14-10(3)6-12(15)7-13(11)14/h6-9,16H,4-5H2,1-3H3. The summed E-state index contributed by atoms with van der Waals surface area (Å²) >= 11 is 3.54. The van der Waals surface area contributed by atoms with E-state index in [1.807, 2.05) is 6.26 Å². The summed E-state index contributed by atoms with van der Waals surface area (Å²) in [6.45, 7) is 7.38. The van der Waals surface area contributed by atoms with E-state index in [0.29, 0.717) is 6.04 Å². The summed E-state index contributed by atoms with van der Waals surface area (Å²) in [5.74, 6) is 0. The van der Waals surface area contributed by atoms with Crippen molar-refractivity contribution in [2.24, 2.45) is 0 Å². The molecule has 0 amide bonds. The first-order valence-corrected chi connectivity index (χ1v) is 6.77. The predicted octanol–water partition coefficient (Wildman–Crippen LogP) is 4.04. The molecule has 1 N–H and O–H groups in total. The van der Waals surface area contributed by atoms with Crippen molar-refractivity contribution in [1.82, 2.24) is 5.32 Å². The van der Waals surface area contributed by atoms with Crippen molar-refractivity contribution in [3.8, 4) is 0 Å². The van der Waals surface area contributed by atoms with Crippen molar-refractivity contribution in [1.29, 1.82) is 0 Å². The van der Waals surface area contributed by atoms with Crippen molar-refractivity contribution in [3.63, 3.8) is 0 Å². The third kappa shape index (κ3) is 2.90. The molecule has 0 aliphatic rings. The summed E-state index contributed by atoms with van der Waals surface area (Å²) in [6, 6.07) is 4.75. The minimum Gasteiger partial charge on any atom is -0.464 e. The van der Waals surface area contributed by atoms with Crippen molar-refractivity contribution >= 4 is 26.9 Å². The highest BCUT2D eigenvalue weighted by Crippen LogP contribution is 2.28. The molecule has 3 heteroatoms. The number of furan rings is 1. The molecule has 2 rings (SSSR count). The Kier molecular flexibility index (Phi) is 3.89. The van der Waals surface area contributed by atoms with Crippen molar-refractivity contribution < 1.29 is 4.42 Å². The number of hydrogen-bond acceptors (Lipinski definition) is 2. The lowest BCUT2D eigenvalue weighted by atomic mass is 10.1. The fraction of sp³-hybridized carbons (Fsp3) is 0.429. The number of rotatable bonds is 4. The lowest BCUT2D eigenvalue weighted by molar-refractivity contribution is 0.580. The van der Waals surface area contributed by atoms with Crippen LogP contribution in [0, 0.1) is 6.92 Å². The second-order valence-electron chi connectivity index (χ2n) is 4.72. The first-order chi connectivity index (χ1) is 8.08. The van der Waals surface area contributed by atoms with Gasteiger partial charge in [0.25, 0.3) is 0 Å². The highest BCUT2D eigenvalue weighted by molar-refractivity contribution is 9.10. The maximum Gasteiger partial charge on any atom is 0.137 e. The third-order valence-electron chi connectivity index (χ3n) is 2.85. The van der Waals surface area contributed by atoms with Crippen LogP contribution in [0.3, 0.4) is 0 Å². The number of aryl methyl sites for hydroxylation is 1. The molecule has 0 bridgehead atoms. The van der Waals surface area contributed by atoms with Gasteiger partial charge in [0.2, 0.25) is 0 Å². The van der Waals surface area contributed by atoms with E-state index in [2.05, 4.69) is 54.2 Å². The van der Waals surface area contributed by atoms with Crippen LogP contribution in [0.4, 0.5) is 0 Å². The number of halogens is 1. The predicted molar refractivity (Wildman–Crippen MR) is 75.5 cm³/mol. The molecule has 0 saturated heterocycles. The van der Waals surface area contributed by atoms with Gasteiger partial charge >= 0.3 is 0 Å². The molecule has 17 heavy (non-hydrogen) atoms. The molecule has 0 saturated carbocycles. The average Bonchev–Trinajstić information content (AvgIpc) is 2.61. The molecule has 92 valence electrons. The van der Waals surface area contributed by atoms with Gasteiger partial charge in [0.05, 0.1) is 6.26 Å². The minimum atomic E-state index is 0.529. The maximum absolute atomic E-state index is 5.64. The van der Waals surface area contributed by atoms with Crippen LogP contribution < -0.4 is 5.32 Å². The Morgan fingerprint density at radius 2 is 2.12 bits per heavy atom. The van der Waals surface area contributed by atoms with E-state index < -0.39 is 0 Å². The normalized spacial score (nSPS) is 11.6. The molecule has 0 fully saturated rings. The summed E-state index contributed by atoms with van der Waals surface area (Å²) in [7, 11) is 0. The highest BCUT2D eigenvalue weighted by Gasteiger charge is 2.09. The van der Waals surface area contributed by atoms with Crippen LogP contribution in [0.2, 0.25) is 0 Å². The van der Waals surface area contributed by atoms with Crippen LogP contribution in [-0.4, -0.2) is 12.6 Å². The van der Waals surface area contributed by atoms with Gasteiger partial charge < -0.3 is 9.73 Å². The Balaban J connectivity index is 2.23. The summed E-state index contributed by atoms with van der Waals surface area (Å²) in [4.78, 5) is 0.